The van der Waals surface area contributed by atoms with Crippen LogP contribution in [0.2, 0.25) is 0 Å². The number of halogens is 1. The highest BCUT2D eigenvalue weighted by molar-refractivity contribution is 6.04. The molecule has 2 atom stereocenters. The third-order valence-electron chi connectivity index (χ3n) is 2.94. The Morgan fingerprint density at radius 1 is 1.55 bits per heavy atom. The summed E-state index contributed by atoms with van der Waals surface area (Å²) in [7, 11) is 1.57. The van der Waals surface area contributed by atoms with Gasteiger partial charge in [0.1, 0.15) is 5.82 Å². The van der Waals surface area contributed by atoms with Gasteiger partial charge in [0.05, 0.1) is 12.3 Å². The fraction of sp³-hybridized carbons (Fsp3) is 0.429. The minimum atomic E-state index is -0.644. The van der Waals surface area contributed by atoms with Gasteiger partial charge < -0.3 is 14.9 Å². The summed E-state index contributed by atoms with van der Waals surface area (Å²) in [5, 5.41) is 6.68. The van der Waals surface area contributed by atoms with Crippen LogP contribution >= 0.6 is 0 Å². The van der Waals surface area contributed by atoms with Crippen molar-refractivity contribution in [1.82, 2.24) is 5.32 Å². The number of oxime groups is 1. The van der Waals surface area contributed by atoms with Gasteiger partial charge in [-0.1, -0.05) is 17.3 Å². The quantitative estimate of drug-likeness (QED) is 0.888. The maximum Gasteiger partial charge on any atom is 0.264 e. The lowest BCUT2D eigenvalue weighted by molar-refractivity contribution is -0.132. The number of rotatable bonds is 5. The lowest BCUT2D eigenvalue weighted by Crippen LogP contribution is -2.42. The summed E-state index contributed by atoms with van der Waals surface area (Å²) < 4.78 is 17.8. The van der Waals surface area contributed by atoms with Crippen molar-refractivity contribution < 1.29 is 18.8 Å². The Labute approximate surface area is 116 Å². The second-order valence-corrected chi connectivity index (χ2v) is 4.71. The molecule has 108 valence electrons. The number of benzene rings is 1. The van der Waals surface area contributed by atoms with Crippen LogP contribution in [0.1, 0.15) is 18.9 Å². The number of hydrogen-bond donors (Lipinski definition) is 1. The molecule has 1 amide bonds. The number of nitrogens with zero attached hydrogens (tertiary/aromatic N) is 1. The van der Waals surface area contributed by atoms with E-state index in [0.717, 1.165) is 5.56 Å². The van der Waals surface area contributed by atoms with Crippen molar-refractivity contribution in [2.45, 2.75) is 25.5 Å². The number of amides is 1. The van der Waals surface area contributed by atoms with Gasteiger partial charge in [-0.05, 0) is 24.6 Å². The van der Waals surface area contributed by atoms with E-state index in [0.29, 0.717) is 18.7 Å². The Kier molecular flexibility index (Phi) is 4.68. The Morgan fingerprint density at radius 2 is 2.25 bits per heavy atom. The van der Waals surface area contributed by atoms with E-state index in [2.05, 4.69) is 10.5 Å². The summed E-state index contributed by atoms with van der Waals surface area (Å²) in [5.74, 6) is -0.536. The molecule has 0 aliphatic carbocycles. The molecule has 2 rings (SSSR count). The molecule has 0 radical (unpaired) electrons. The minimum absolute atomic E-state index is 0.0917. The number of nitrogens with one attached hydrogen (secondary N) is 1. The molecular weight excluding hydrogens is 263 g/mol. The van der Waals surface area contributed by atoms with Gasteiger partial charge in [-0.15, -0.1) is 0 Å². The molecule has 0 unspecified atom stereocenters. The lowest BCUT2D eigenvalue weighted by Gasteiger charge is -2.15. The highest BCUT2D eigenvalue weighted by Gasteiger charge is 2.29. The second-order valence-electron chi connectivity index (χ2n) is 4.71. The third-order valence-corrected chi connectivity index (χ3v) is 2.94. The van der Waals surface area contributed by atoms with Crippen LogP contribution < -0.4 is 5.32 Å². The minimum Gasteiger partial charge on any atom is -0.383 e. The SMILES string of the molecule is COC[C@H](C)NC(=O)[C@H]1CC(c2ccc(F)cc2)=NO1. The first-order valence-corrected chi connectivity index (χ1v) is 6.38. The summed E-state index contributed by atoms with van der Waals surface area (Å²) in [6.45, 7) is 2.28. The van der Waals surface area contributed by atoms with E-state index in [4.69, 9.17) is 9.57 Å². The van der Waals surface area contributed by atoms with Crippen molar-refractivity contribution in [2.24, 2.45) is 5.16 Å². The molecule has 1 aliphatic heterocycles. The van der Waals surface area contributed by atoms with Crippen molar-refractivity contribution in [3.05, 3.63) is 35.6 Å². The molecular formula is C14H17FN2O3. The molecule has 1 N–H and O–H groups in total. The van der Waals surface area contributed by atoms with Crippen molar-refractivity contribution in [2.75, 3.05) is 13.7 Å². The maximum absolute atomic E-state index is 12.8. The van der Waals surface area contributed by atoms with E-state index >= 15 is 0 Å². The number of carbonyl (C=O) groups is 1. The third kappa shape index (κ3) is 3.54. The number of ether oxygens (including phenoxy) is 1. The average Bonchev–Trinajstić information content (AvgIpc) is 2.89. The van der Waals surface area contributed by atoms with Crippen molar-refractivity contribution >= 4 is 11.6 Å². The number of carbonyl (C=O) groups excluding carboxylic acids is 1. The topological polar surface area (TPSA) is 59.9 Å². The van der Waals surface area contributed by atoms with Crippen molar-refractivity contribution in [1.29, 1.82) is 0 Å². The molecule has 0 saturated carbocycles. The van der Waals surface area contributed by atoms with Gasteiger partial charge in [0.25, 0.3) is 5.91 Å². The molecule has 1 heterocycles. The molecule has 0 saturated heterocycles. The molecule has 0 bridgehead atoms. The van der Waals surface area contributed by atoms with Gasteiger partial charge in [0.2, 0.25) is 6.10 Å². The van der Waals surface area contributed by atoms with E-state index in [-0.39, 0.29) is 17.8 Å². The summed E-state index contributed by atoms with van der Waals surface area (Å²) >= 11 is 0. The zero-order valence-electron chi connectivity index (χ0n) is 11.4. The molecule has 1 aromatic rings. The highest BCUT2D eigenvalue weighted by atomic mass is 19.1. The smallest absolute Gasteiger partial charge is 0.264 e. The van der Waals surface area contributed by atoms with Gasteiger partial charge in [-0.25, -0.2) is 4.39 Å². The molecule has 1 aliphatic rings. The van der Waals surface area contributed by atoms with Crippen LogP contribution in [0, 0.1) is 5.82 Å². The van der Waals surface area contributed by atoms with Gasteiger partial charge in [-0.3, -0.25) is 4.79 Å². The molecule has 1 aromatic carbocycles. The zero-order chi connectivity index (χ0) is 14.5. The standard InChI is InChI=1S/C14H17FN2O3/c1-9(8-19-2)16-14(18)13-7-12(17-20-13)10-3-5-11(15)6-4-10/h3-6,9,13H,7-8H2,1-2H3,(H,16,18)/t9-,13+/m0/s1. The summed E-state index contributed by atoms with van der Waals surface area (Å²) in [6.07, 6.45) is -0.272. The predicted molar refractivity (Wildman–Crippen MR) is 71.9 cm³/mol. The van der Waals surface area contributed by atoms with E-state index < -0.39 is 6.10 Å². The van der Waals surface area contributed by atoms with Gasteiger partial charge >= 0.3 is 0 Å². The van der Waals surface area contributed by atoms with Crippen LogP contribution in [0.4, 0.5) is 4.39 Å². The Morgan fingerprint density at radius 3 is 2.90 bits per heavy atom. The van der Waals surface area contributed by atoms with Crippen LogP contribution in [-0.4, -0.2) is 37.5 Å². The number of hydrogen-bond acceptors (Lipinski definition) is 4. The van der Waals surface area contributed by atoms with Gasteiger partial charge in [0.15, 0.2) is 0 Å². The average molecular weight is 280 g/mol. The maximum atomic E-state index is 12.8. The first-order chi connectivity index (χ1) is 9.60. The summed E-state index contributed by atoms with van der Waals surface area (Å²) in [6, 6.07) is 5.85. The van der Waals surface area contributed by atoms with Crippen LogP contribution in [0.3, 0.4) is 0 Å². The zero-order valence-corrected chi connectivity index (χ0v) is 11.4. The molecule has 0 aromatic heterocycles. The monoisotopic (exact) mass is 280 g/mol. The molecule has 20 heavy (non-hydrogen) atoms. The van der Waals surface area contributed by atoms with E-state index in [1.54, 1.807) is 19.2 Å². The van der Waals surface area contributed by atoms with E-state index in [1.165, 1.54) is 12.1 Å². The van der Waals surface area contributed by atoms with E-state index in [1.807, 2.05) is 6.92 Å². The van der Waals surface area contributed by atoms with Crippen molar-refractivity contribution in [3.63, 3.8) is 0 Å². The first kappa shape index (κ1) is 14.5. The van der Waals surface area contributed by atoms with Crippen LogP contribution in [0.25, 0.3) is 0 Å². The number of methoxy groups -OCH3 is 1. The summed E-state index contributed by atoms with van der Waals surface area (Å²) in [5.41, 5.74) is 1.40. The van der Waals surface area contributed by atoms with Crippen LogP contribution in [0.5, 0.6) is 0 Å². The summed E-state index contributed by atoms with van der Waals surface area (Å²) in [4.78, 5) is 17.1. The highest BCUT2D eigenvalue weighted by Crippen LogP contribution is 2.17. The molecule has 0 spiro atoms. The second kappa shape index (κ2) is 6.47. The fourth-order valence-electron chi connectivity index (χ4n) is 1.96. The predicted octanol–water partition coefficient (Wildman–Crippen LogP) is 1.47. The van der Waals surface area contributed by atoms with E-state index in [9.17, 15) is 9.18 Å². The fourth-order valence-corrected chi connectivity index (χ4v) is 1.96. The largest absolute Gasteiger partial charge is 0.383 e. The Hall–Kier alpha value is -1.95. The molecule has 5 nitrogen and oxygen atoms in total. The van der Waals surface area contributed by atoms with Crippen LogP contribution in [0.15, 0.2) is 29.4 Å². The normalized spacial score (nSPS) is 19.1. The first-order valence-electron chi connectivity index (χ1n) is 6.38. The Balaban J connectivity index is 1.91. The van der Waals surface area contributed by atoms with Gasteiger partial charge in [0, 0.05) is 19.6 Å². The lowest BCUT2D eigenvalue weighted by atomic mass is 10.0. The molecule has 6 heteroatoms. The molecule has 0 fully saturated rings. The van der Waals surface area contributed by atoms with Gasteiger partial charge in [-0.2, -0.15) is 0 Å². The van der Waals surface area contributed by atoms with Crippen molar-refractivity contribution in [3.8, 4) is 0 Å². The Bertz CT molecular complexity index is 502. The van der Waals surface area contributed by atoms with Crippen LogP contribution in [-0.2, 0) is 14.4 Å².